The molecule has 0 radical (unpaired) electrons. The Bertz CT molecular complexity index is 580. The summed E-state index contributed by atoms with van der Waals surface area (Å²) >= 11 is 0. The Hall–Kier alpha value is -0.990. The van der Waals surface area contributed by atoms with Gasteiger partial charge in [-0.1, -0.05) is 0 Å². The maximum atomic E-state index is 10.4. The number of fused-ring (bicyclic) bond motifs is 1. The van der Waals surface area contributed by atoms with Gasteiger partial charge in [0, 0.05) is 51.4 Å². The number of aliphatic hydroxyl groups excluding tert-OH is 1. The molecule has 7 nitrogen and oxygen atoms in total. The first-order valence-electron chi connectivity index (χ1n) is 9.80. The van der Waals surface area contributed by atoms with E-state index in [1.54, 1.807) is 0 Å². The van der Waals surface area contributed by atoms with Crippen LogP contribution in [-0.2, 0) is 17.8 Å². The van der Waals surface area contributed by atoms with Crippen LogP contribution in [0.3, 0.4) is 0 Å². The topological polar surface area (TPSA) is 57.0 Å². The minimum Gasteiger partial charge on any atom is -0.385 e. The molecule has 148 valence electrons. The van der Waals surface area contributed by atoms with Gasteiger partial charge in [-0.05, 0) is 40.4 Å². The lowest BCUT2D eigenvalue weighted by molar-refractivity contribution is -0.0224. The number of likely N-dealkylation sites (N-methyl/N-ethyl adjacent to an activating group) is 1. The van der Waals surface area contributed by atoms with E-state index in [-0.39, 0.29) is 5.54 Å². The van der Waals surface area contributed by atoms with Gasteiger partial charge in [0.1, 0.15) is 6.10 Å². The second-order valence-electron chi connectivity index (χ2n) is 8.54. The Kier molecular flexibility index (Phi) is 6.35. The predicted molar refractivity (Wildman–Crippen MR) is 102 cm³/mol. The molecule has 26 heavy (non-hydrogen) atoms. The zero-order valence-corrected chi connectivity index (χ0v) is 16.8. The van der Waals surface area contributed by atoms with E-state index in [2.05, 4.69) is 39.5 Å². The minimum atomic E-state index is -0.525. The van der Waals surface area contributed by atoms with E-state index in [1.807, 2.05) is 19.0 Å². The van der Waals surface area contributed by atoms with Crippen molar-refractivity contribution in [2.24, 2.45) is 0 Å². The molecule has 1 saturated heterocycles. The molecule has 0 bridgehead atoms. The minimum absolute atomic E-state index is 0.131. The van der Waals surface area contributed by atoms with Crippen LogP contribution in [0.1, 0.15) is 37.8 Å². The average molecular weight is 366 g/mol. The molecular weight excluding hydrogens is 330 g/mol. The van der Waals surface area contributed by atoms with E-state index >= 15 is 0 Å². The first-order chi connectivity index (χ1) is 12.3. The van der Waals surface area contributed by atoms with Crippen LogP contribution in [0.15, 0.2) is 6.07 Å². The van der Waals surface area contributed by atoms with Crippen molar-refractivity contribution in [1.29, 1.82) is 0 Å². The highest BCUT2D eigenvalue weighted by atomic mass is 16.5. The molecule has 3 heterocycles. The SMILES string of the molecule is CN(C)C[C@H](O)c1cc2n(n1)CCCN(CC(C)(C)N1CCOCC1)C2. The Morgan fingerprint density at radius 2 is 1.96 bits per heavy atom. The number of hydrogen-bond donors (Lipinski definition) is 1. The summed E-state index contributed by atoms with van der Waals surface area (Å²) in [6.45, 7) is 12.9. The number of morpholine rings is 1. The van der Waals surface area contributed by atoms with Gasteiger partial charge in [-0.2, -0.15) is 5.10 Å². The highest BCUT2D eigenvalue weighted by Gasteiger charge is 2.31. The Labute approximate surface area is 157 Å². The highest BCUT2D eigenvalue weighted by molar-refractivity contribution is 5.14. The summed E-state index contributed by atoms with van der Waals surface area (Å²) in [5.41, 5.74) is 2.14. The molecule has 7 heteroatoms. The van der Waals surface area contributed by atoms with Gasteiger partial charge in [0.2, 0.25) is 0 Å². The molecule has 1 aromatic rings. The maximum absolute atomic E-state index is 10.4. The van der Waals surface area contributed by atoms with Gasteiger partial charge >= 0.3 is 0 Å². The molecular formula is C19H35N5O2. The van der Waals surface area contributed by atoms with Crippen LogP contribution >= 0.6 is 0 Å². The maximum Gasteiger partial charge on any atom is 0.110 e. The predicted octanol–water partition coefficient (Wildman–Crippen LogP) is 0.795. The molecule has 0 unspecified atom stereocenters. The molecule has 2 aliphatic heterocycles. The molecule has 0 aliphatic carbocycles. The third-order valence-corrected chi connectivity index (χ3v) is 5.47. The molecule has 1 aromatic heterocycles. The fraction of sp³-hybridized carbons (Fsp3) is 0.842. The van der Waals surface area contributed by atoms with Crippen molar-refractivity contribution < 1.29 is 9.84 Å². The lowest BCUT2D eigenvalue weighted by Gasteiger charge is -2.43. The second-order valence-corrected chi connectivity index (χ2v) is 8.54. The quantitative estimate of drug-likeness (QED) is 0.805. The third kappa shape index (κ3) is 4.84. The van der Waals surface area contributed by atoms with Crippen molar-refractivity contribution in [2.75, 3.05) is 60.0 Å². The fourth-order valence-electron chi connectivity index (χ4n) is 4.10. The molecule has 1 fully saturated rings. The molecule has 0 saturated carbocycles. The number of nitrogens with zero attached hydrogens (tertiary/aromatic N) is 5. The number of ether oxygens (including phenoxy) is 1. The van der Waals surface area contributed by atoms with Gasteiger partial charge in [-0.25, -0.2) is 0 Å². The van der Waals surface area contributed by atoms with E-state index in [1.165, 1.54) is 5.69 Å². The lowest BCUT2D eigenvalue weighted by Crippen LogP contribution is -2.55. The number of rotatable bonds is 6. The normalized spacial score (nSPS) is 21.6. The number of aliphatic hydroxyl groups is 1. The molecule has 0 spiro atoms. The van der Waals surface area contributed by atoms with Gasteiger partial charge in [0.25, 0.3) is 0 Å². The van der Waals surface area contributed by atoms with E-state index < -0.39 is 6.10 Å². The van der Waals surface area contributed by atoms with E-state index in [0.29, 0.717) is 6.54 Å². The molecule has 1 atom stereocenters. The van der Waals surface area contributed by atoms with E-state index in [9.17, 15) is 5.11 Å². The molecule has 2 aliphatic rings. The average Bonchev–Trinajstić information content (AvgIpc) is 2.89. The van der Waals surface area contributed by atoms with Gasteiger partial charge in [0.15, 0.2) is 0 Å². The van der Waals surface area contributed by atoms with Gasteiger partial charge in [-0.15, -0.1) is 0 Å². The van der Waals surface area contributed by atoms with Crippen LogP contribution in [0.2, 0.25) is 0 Å². The summed E-state index contributed by atoms with van der Waals surface area (Å²) in [7, 11) is 3.94. The molecule has 0 aromatic carbocycles. The van der Waals surface area contributed by atoms with Crippen molar-refractivity contribution in [3.8, 4) is 0 Å². The van der Waals surface area contributed by atoms with Gasteiger partial charge in [0.05, 0.1) is 24.6 Å². The summed E-state index contributed by atoms with van der Waals surface area (Å²) in [4.78, 5) is 7.08. The van der Waals surface area contributed by atoms with Crippen LogP contribution in [0.5, 0.6) is 0 Å². The second kappa shape index (κ2) is 8.35. The standard InChI is InChI=1S/C19H35N5O2/c1-19(2,23-8-10-26-11-9-23)15-22-6-5-7-24-16(13-22)12-17(20-24)18(25)14-21(3)4/h12,18,25H,5-11,13-15H2,1-4H3/t18-/m0/s1. The van der Waals surface area contributed by atoms with Crippen LogP contribution in [0, 0.1) is 0 Å². The summed E-state index contributed by atoms with van der Waals surface area (Å²) in [6, 6.07) is 2.09. The first-order valence-corrected chi connectivity index (χ1v) is 9.80. The highest BCUT2D eigenvalue weighted by Crippen LogP contribution is 2.23. The number of aryl methyl sites for hydroxylation is 1. The van der Waals surface area contributed by atoms with Crippen molar-refractivity contribution in [2.45, 2.75) is 45.0 Å². The van der Waals surface area contributed by atoms with E-state index in [4.69, 9.17) is 4.74 Å². The van der Waals surface area contributed by atoms with Crippen molar-refractivity contribution >= 4 is 0 Å². The zero-order chi connectivity index (χ0) is 18.7. The largest absolute Gasteiger partial charge is 0.385 e. The van der Waals surface area contributed by atoms with Gasteiger partial charge in [-0.3, -0.25) is 14.5 Å². The number of aromatic nitrogens is 2. The van der Waals surface area contributed by atoms with Gasteiger partial charge < -0.3 is 14.7 Å². The zero-order valence-electron chi connectivity index (χ0n) is 16.8. The Balaban J connectivity index is 1.66. The number of hydrogen-bond acceptors (Lipinski definition) is 6. The monoisotopic (exact) mass is 365 g/mol. The van der Waals surface area contributed by atoms with E-state index in [0.717, 1.165) is 64.6 Å². The summed E-state index contributed by atoms with van der Waals surface area (Å²) in [5.74, 6) is 0. The smallest absolute Gasteiger partial charge is 0.110 e. The lowest BCUT2D eigenvalue weighted by atomic mass is 10.0. The Morgan fingerprint density at radius 3 is 2.65 bits per heavy atom. The van der Waals surface area contributed by atoms with Crippen LogP contribution < -0.4 is 0 Å². The van der Waals surface area contributed by atoms with Crippen molar-refractivity contribution in [1.82, 2.24) is 24.5 Å². The Morgan fingerprint density at radius 1 is 1.23 bits per heavy atom. The van der Waals surface area contributed by atoms with Crippen LogP contribution in [-0.4, -0.2) is 95.2 Å². The fourth-order valence-corrected chi connectivity index (χ4v) is 4.10. The van der Waals surface area contributed by atoms with Crippen LogP contribution in [0.25, 0.3) is 0 Å². The van der Waals surface area contributed by atoms with Crippen LogP contribution in [0.4, 0.5) is 0 Å². The third-order valence-electron chi connectivity index (χ3n) is 5.47. The molecule has 1 N–H and O–H groups in total. The van der Waals surface area contributed by atoms with Crippen molar-refractivity contribution in [3.63, 3.8) is 0 Å². The first kappa shape index (κ1) is 19.8. The summed E-state index contributed by atoms with van der Waals surface area (Å²) in [5, 5.41) is 15.1. The molecule has 3 rings (SSSR count). The molecule has 0 amide bonds. The summed E-state index contributed by atoms with van der Waals surface area (Å²) in [6.07, 6.45) is 0.569. The summed E-state index contributed by atoms with van der Waals surface area (Å²) < 4.78 is 7.60. The van der Waals surface area contributed by atoms with Crippen molar-refractivity contribution in [3.05, 3.63) is 17.5 Å².